The molecule has 2 saturated heterocycles. The molecule has 0 aromatic rings. The molecule has 0 aliphatic carbocycles. The molecule has 0 saturated carbocycles. The van der Waals surface area contributed by atoms with Gasteiger partial charge in [-0.25, -0.2) is 0 Å². The molecule has 2 aliphatic rings. The summed E-state index contributed by atoms with van der Waals surface area (Å²) >= 11 is 0. The largest absolute Gasteiger partial charge is 0.455 e. The number of hydrogen-bond acceptors (Lipinski definition) is 5. The van der Waals surface area contributed by atoms with Crippen molar-refractivity contribution in [2.45, 2.75) is 64.0 Å². The maximum absolute atomic E-state index is 11.4. The van der Waals surface area contributed by atoms with Gasteiger partial charge in [0.15, 0.2) is 20.7 Å². The second-order valence-corrected chi connectivity index (χ2v) is 10.6. The molecule has 0 amide bonds. The fourth-order valence-corrected chi connectivity index (χ4v) is 6.25. The summed E-state index contributed by atoms with van der Waals surface area (Å²) < 4.78 is 23.4. The fraction of sp³-hybridized carbons (Fsp3) is 0.750. The molecule has 0 radical (unpaired) electrons. The zero-order valence-corrected chi connectivity index (χ0v) is 14.8. The summed E-state index contributed by atoms with van der Waals surface area (Å²) in [6.45, 7) is 11.9. The zero-order valence-electron chi connectivity index (χ0n) is 13.8. The van der Waals surface area contributed by atoms with E-state index in [0.717, 1.165) is 12.5 Å². The molecule has 5 nitrogen and oxygen atoms in total. The molecule has 6 heteroatoms. The van der Waals surface area contributed by atoms with Crippen LogP contribution in [0.2, 0.25) is 19.1 Å². The number of ether oxygens (including phenoxy) is 3. The molecule has 2 heterocycles. The predicted molar refractivity (Wildman–Crippen MR) is 84.8 cm³/mol. The van der Waals surface area contributed by atoms with Crippen molar-refractivity contribution >= 4 is 14.3 Å². The molecule has 0 spiro atoms. The Hall–Kier alpha value is -0.913. The summed E-state index contributed by atoms with van der Waals surface area (Å²) in [5.74, 6) is 0.0259. The molecule has 2 rings (SSSR count). The van der Waals surface area contributed by atoms with Crippen molar-refractivity contribution in [2.24, 2.45) is 5.92 Å². The lowest BCUT2D eigenvalue weighted by molar-refractivity contribution is -0.245. The molecule has 0 aromatic carbocycles. The van der Waals surface area contributed by atoms with Crippen LogP contribution in [0.5, 0.6) is 0 Å². The van der Waals surface area contributed by atoms with E-state index in [1.165, 1.54) is 6.92 Å². The molecule has 5 atom stereocenters. The van der Waals surface area contributed by atoms with Gasteiger partial charge in [-0.05, 0) is 32.0 Å². The van der Waals surface area contributed by atoms with Crippen molar-refractivity contribution in [1.29, 1.82) is 0 Å². The van der Waals surface area contributed by atoms with Gasteiger partial charge in [-0.15, -0.1) is 5.73 Å². The van der Waals surface area contributed by atoms with Crippen LogP contribution in [-0.4, -0.2) is 45.5 Å². The van der Waals surface area contributed by atoms with E-state index in [0.29, 0.717) is 12.5 Å². The number of fused-ring (bicyclic) bond motifs is 1. The lowest BCUT2D eigenvalue weighted by atomic mass is 9.90. The van der Waals surface area contributed by atoms with Crippen molar-refractivity contribution in [3.8, 4) is 0 Å². The second kappa shape index (κ2) is 7.11. The number of rotatable bonds is 5. The van der Waals surface area contributed by atoms with Gasteiger partial charge >= 0.3 is 5.97 Å². The number of carbonyl (C=O) groups excluding carboxylic acids is 1. The van der Waals surface area contributed by atoms with E-state index in [1.807, 2.05) is 6.92 Å². The Bertz CT molecular complexity index is 457. The quantitative estimate of drug-likeness (QED) is 0.442. The third kappa shape index (κ3) is 4.09. The van der Waals surface area contributed by atoms with Gasteiger partial charge in [0.1, 0.15) is 6.10 Å². The second-order valence-electron chi connectivity index (χ2n) is 6.47. The van der Waals surface area contributed by atoms with Crippen LogP contribution in [0.25, 0.3) is 0 Å². The average molecular weight is 326 g/mol. The third-order valence-corrected chi connectivity index (χ3v) is 6.48. The molecule has 22 heavy (non-hydrogen) atoms. The van der Waals surface area contributed by atoms with Crippen molar-refractivity contribution in [3.05, 3.63) is 18.4 Å². The minimum absolute atomic E-state index is 0.0627. The first-order valence-corrected chi connectivity index (χ1v) is 11.0. The first-order valence-electron chi connectivity index (χ1n) is 7.84. The Balaban J connectivity index is 2.23. The van der Waals surface area contributed by atoms with Crippen LogP contribution in [0.3, 0.4) is 0 Å². The summed E-state index contributed by atoms with van der Waals surface area (Å²) in [7, 11) is -1.70. The highest BCUT2D eigenvalue weighted by molar-refractivity contribution is 6.71. The van der Waals surface area contributed by atoms with Crippen LogP contribution in [0, 0.1) is 5.92 Å². The van der Waals surface area contributed by atoms with Gasteiger partial charge in [0.05, 0.1) is 6.10 Å². The normalized spacial score (nSPS) is 34.4. The number of hydrogen-bond donors (Lipinski definition) is 0. The Morgan fingerprint density at radius 3 is 2.86 bits per heavy atom. The predicted octanol–water partition coefficient (Wildman–Crippen LogP) is 2.63. The lowest BCUT2D eigenvalue weighted by Crippen LogP contribution is -2.51. The molecule has 2 fully saturated rings. The minimum atomic E-state index is -1.70. The monoisotopic (exact) mass is 326 g/mol. The number of carbonyl (C=O) groups is 1. The Kier molecular flexibility index (Phi) is 5.63. The highest BCUT2D eigenvalue weighted by atomic mass is 28.4. The Morgan fingerprint density at radius 1 is 1.55 bits per heavy atom. The molecular weight excluding hydrogens is 300 g/mol. The highest BCUT2D eigenvalue weighted by Gasteiger charge is 2.52. The number of esters is 1. The zero-order chi connectivity index (χ0) is 16.3. The Morgan fingerprint density at radius 2 is 2.27 bits per heavy atom. The van der Waals surface area contributed by atoms with Crippen LogP contribution in [0.4, 0.5) is 0 Å². The third-order valence-electron chi connectivity index (χ3n) is 4.06. The smallest absolute Gasteiger partial charge is 0.303 e. The van der Waals surface area contributed by atoms with Crippen molar-refractivity contribution in [1.82, 2.24) is 0 Å². The van der Waals surface area contributed by atoms with Crippen molar-refractivity contribution in [3.63, 3.8) is 0 Å². The molecule has 0 aromatic heterocycles. The van der Waals surface area contributed by atoms with E-state index in [2.05, 4.69) is 25.4 Å². The summed E-state index contributed by atoms with van der Waals surface area (Å²) in [4.78, 5) is 11.4. The van der Waals surface area contributed by atoms with Gasteiger partial charge in [-0.1, -0.05) is 6.58 Å². The van der Waals surface area contributed by atoms with Crippen LogP contribution < -0.4 is 0 Å². The summed E-state index contributed by atoms with van der Waals surface area (Å²) in [5.41, 5.74) is 2.70. The molecular formula is C16H26O5Si. The fourth-order valence-electron chi connectivity index (χ4n) is 3.43. The van der Waals surface area contributed by atoms with E-state index >= 15 is 0 Å². The lowest BCUT2D eigenvalue weighted by Gasteiger charge is -2.40. The maximum Gasteiger partial charge on any atom is 0.303 e. The minimum Gasteiger partial charge on any atom is -0.455 e. The van der Waals surface area contributed by atoms with Crippen molar-refractivity contribution in [2.75, 3.05) is 6.61 Å². The standard InChI is InChI=1S/C16H26O5Si/c1-6-8-13(19-11(3)17)16-15-12(10-22(4,5)21-15)9-14(20-16)18-7-2/h8,12-16H,1,7,9-10H2,2-5H3/t12-,13+,14+,15+,16-/m1/s1. The summed E-state index contributed by atoms with van der Waals surface area (Å²) in [6, 6.07) is 1.08. The first kappa shape index (κ1) is 17.4. The molecule has 0 N–H and O–H groups in total. The van der Waals surface area contributed by atoms with Crippen LogP contribution in [0.1, 0.15) is 20.3 Å². The van der Waals surface area contributed by atoms with E-state index in [1.54, 1.807) is 6.08 Å². The summed E-state index contributed by atoms with van der Waals surface area (Å²) in [5, 5.41) is 0. The Labute approximate surface area is 133 Å². The van der Waals surface area contributed by atoms with Crippen molar-refractivity contribution < 1.29 is 23.4 Å². The van der Waals surface area contributed by atoms with Crippen LogP contribution in [0.15, 0.2) is 18.4 Å². The summed E-state index contributed by atoms with van der Waals surface area (Å²) in [6.07, 6.45) is 1.20. The molecule has 0 bridgehead atoms. The van der Waals surface area contributed by atoms with E-state index in [4.69, 9.17) is 18.6 Å². The van der Waals surface area contributed by atoms with Crippen LogP contribution in [-0.2, 0) is 23.4 Å². The first-order chi connectivity index (χ1) is 10.4. The molecule has 124 valence electrons. The van der Waals surface area contributed by atoms with E-state index in [-0.39, 0.29) is 24.5 Å². The van der Waals surface area contributed by atoms with Gasteiger partial charge in [0.25, 0.3) is 0 Å². The molecule has 2 aliphatic heterocycles. The van der Waals surface area contributed by atoms with Gasteiger partial charge in [-0.2, -0.15) is 0 Å². The topological polar surface area (TPSA) is 54.0 Å². The van der Waals surface area contributed by atoms with Gasteiger partial charge in [0, 0.05) is 26.0 Å². The van der Waals surface area contributed by atoms with Gasteiger partial charge < -0.3 is 18.6 Å². The van der Waals surface area contributed by atoms with E-state index in [9.17, 15) is 4.79 Å². The van der Waals surface area contributed by atoms with Gasteiger partial charge in [0.2, 0.25) is 0 Å². The van der Waals surface area contributed by atoms with E-state index < -0.39 is 14.4 Å². The SMILES string of the molecule is C=C=C[C@H](OC(C)=O)[C@H]1O[C@H](OCC)C[C@@H]2C[Si](C)(C)O[C@@H]21. The average Bonchev–Trinajstić information content (AvgIpc) is 2.71. The highest BCUT2D eigenvalue weighted by Crippen LogP contribution is 2.43. The molecule has 0 unspecified atom stereocenters. The van der Waals surface area contributed by atoms with Gasteiger partial charge in [-0.3, -0.25) is 4.79 Å². The maximum atomic E-state index is 11.4. The van der Waals surface area contributed by atoms with Crippen LogP contribution >= 0.6 is 0 Å².